The number of hydrogen-bond donors (Lipinski definition) is 0. The first-order valence-electron chi connectivity index (χ1n) is 9.65. The number of amides is 1. The maximum absolute atomic E-state index is 12.4. The van der Waals surface area contributed by atoms with Crippen molar-refractivity contribution in [2.75, 3.05) is 39.4 Å². The highest BCUT2D eigenvalue weighted by atomic mass is 16.6. The normalized spacial score (nSPS) is 14.4. The van der Waals surface area contributed by atoms with E-state index in [2.05, 4.69) is 17.0 Å². The number of piperazine rings is 1. The molecule has 29 heavy (non-hydrogen) atoms. The number of benzene rings is 2. The molecule has 0 unspecified atom stereocenters. The second-order valence-electron chi connectivity index (χ2n) is 6.75. The molecule has 1 aliphatic rings. The van der Waals surface area contributed by atoms with E-state index < -0.39 is 4.92 Å². The summed E-state index contributed by atoms with van der Waals surface area (Å²) in [5.41, 5.74) is 1.06. The number of rotatable bonds is 8. The van der Waals surface area contributed by atoms with Gasteiger partial charge in [0.15, 0.2) is 12.4 Å². The fraction of sp³-hybridized carbons (Fsp3) is 0.381. The molecule has 0 saturated carbocycles. The van der Waals surface area contributed by atoms with Crippen molar-refractivity contribution in [2.45, 2.75) is 13.5 Å². The SMILES string of the molecule is CCOc1ccc(CN2CCN(C(=O)COc3ccccc3[N+](=O)[O-])CC2)cc1. The molecule has 1 fully saturated rings. The summed E-state index contributed by atoms with van der Waals surface area (Å²) in [6, 6.07) is 14.1. The van der Waals surface area contributed by atoms with Crippen molar-refractivity contribution in [3.05, 3.63) is 64.2 Å². The number of ether oxygens (including phenoxy) is 2. The van der Waals surface area contributed by atoms with Gasteiger partial charge in [0.25, 0.3) is 5.91 Å². The zero-order chi connectivity index (χ0) is 20.6. The minimum atomic E-state index is -0.514. The molecule has 3 rings (SSSR count). The van der Waals surface area contributed by atoms with E-state index in [0.717, 1.165) is 25.4 Å². The summed E-state index contributed by atoms with van der Waals surface area (Å²) in [6.07, 6.45) is 0. The molecule has 1 heterocycles. The molecule has 8 heteroatoms. The van der Waals surface area contributed by atoms with Gasteiger partial charge in [-0.3, -0.25) is 19.8 Å². The Labute approximate surface area is 169 Å². The number of nitro benzene ring substituents is 1. The van der Waals surface area contributed by atoms with Gasteiger partial charge in [0.1, 0.15) is 5.75 Å². The number of hydrogen-bond acceptors (Lipinski definition) is 6. The lowest BCUT2D eigenvalue weighted by atomic mass is 10.2. The predicted octanol–water partition coefficient (Wildman–Crippen LogP) is 2.72. The Hall–Kier alpha value is -3.13. The van der Waals surface area contributed by atoms with Crippen LogP contribution < -0.4 is 9.47 Å². The third kappa shape index (κ3) is 5.68. The van der Waals surface area contributed by atoms with Crippen LogP contribution in [0.25, 0.3) is 0 Å². The summed E-state index contributed by atoms with van der Waals surface area (Å²) in [6.45, 7) is 5.98. The van der Waals surface area contributed by atoms with Crippen molar-refractivity contribution < 1.29 is 19.2 Å². The third-order valence-electron chi connectivity index (χ3n) is 4.78. The van der Waals surface area contributed by atoms with Gasteiger partial charge in [0.05, 0.1) is 11.5 Å². The molecule has 1 saturated heterocycles. The second-order valence-corrected chi connectivity index (χ2v) is 6.75. The highest BCUT2D eigenvalue weighted by Crippen LogP contribution is 2.25. The minimum Gasteiger partial charge on any atom is -0.494 e. The lowest BCUT2D eigenvalue weighted by Crippen LogP contribution is -2.49. The average Bonchev–Trinajstić information content (AvgIpc) is 2.74. The fourth-order valence-electron chi connectivity index (χ4n) is 3.23. The molecular weight excluding hydrogens is 374 g/mol. The van der Waals surface area contributed by atoms with Crippen molar-refractivity contribution in [1.82, 2.24) is 9.80 Å². The first-order valence-corrected chi connectivity index (χ1v) is 9.65. The van der Waals surface area contributed by atoms with E-state index in [1.807, 2.05) is 19.1 Å². The molecule has 0 aromatic heterocycles. The van der Waals surface area contributed by atoms with Gasteiger partial charge >= 0.3 is 5.69 Å². The van der Waals surface area contributed by atoms with Gasteiger partial charge in [-0.1, -0.05) is 24.3 Å². The lowest BCUT2D eigenvalue weighted by Gasteiger charge is -2.34. The fourth-order valence-corrected chi connectivity index (χ4v) is 3.23. The van der Waals surface area contributed by atoms with E-state index in [4.69, 9.17) is 9.47 Å². The minimum absolute atomic E-state index is 0.111. The molecule has 154 valence electrons. The predicted molar refractivity (Wildman–Crippen MR) is 108 cm³/mol. The molecule has 0 aliphatic carbocycles. The van der Waals surface area contributed by atoms with E-state index in [-0.39, 0.29) is 24.0 Å². The van der Waals surface area contributed by atoms with Crippen molar-refractivity contribution >= 4 is 11.6 Å². The van der Waals surface area contributed by atoms with Crippen molar-refractivity contribution in [1.29, 1.82) is 0 Å². The number of carbonyl (C=O) groups is 1. The molecular formula is C21H25N3O5. The van der Waals surface area contributed by atoms with Crippen LogP contribution >= 0.6 is 0 Å². The molecule has 0 N–H and O–H groups in total. The van der Waals surface area contributed by atoms with Gasteiger partial charge in [0.2, 0.25) is 0 Å². The van der Waals surface area contributed by atoms with Crippen LogP contribution in [-0.2, 0) is 11.3 Å². The number of para-hydroxylation sites is 2. The second kappa shape index (κ2) is 9.88. The van der Waals surface area contributed by atoms with Crippen LogP contribution in [0.3, 0.4) is 0 Å². The van der Waals surface area contributed by atoms with Crippen LogP contribution in [0.15, 0.2) is 48.5 Å². The number of carbonyl (C=O) groups excluding carboxylic acids is 1. The lowest BCUT2D eigenvalue weighted by molar-refractivity contribution is -0.385. The topological polar surface area (TPSA) is 85.2 Å². The van der Waals surface area contributed by atoms with E-state index in [1.165, 1.54) is 17.7 Å². The van der Waals surface area contributed by atoms with Gasteiger partial charge in [0, 0.05) is 38.8 Å². The summed E-state index contributed by atoms with van der Waals surface area (Å²) in [7, 11) is 0. The molecule has 1 amide bonds. The van der Waals surface area contributed by atoms with Crippen molar-refractivity contribution in [2.24, 2.45) is 0 Å². The Kier molecular flexibility index (Phi) is 7.02. The molecule has 2 aromatic carbocycles. The highest BCUT2D eigenvalue weighted by Gasteiger charge is 2.22. The van der Waals surface area contributed by atoms with Crippen LogP contribution in [0.1, 0.15) is 12.5 Å². The quantitative estimate of drug-likeness (QED) is 0.501. The highest BCUT2D eigenvalue weighted by molar-refractivity contribution is 5.78. The zero-order valence-electron chi connectivity index (χ0n) is 16.5. The van der Waals surface area contributed by atoms with Gasteiger partial charge in [-0.05, 0) is 30.7 Å². The monoisotopic (exact) mass is 399 g/mol. The Morgan fingerprint density at radius 3 is 2.38 bits per heavy atom. The summed E-state index contributed by atoms with van der Waals surface area (Å²) in [4.78, 5) is 27.0. The first-order chi connectivity index (χ1) is 14.1. The van der Waals surface area contributed by atoms with Gasteiger partial charge in [-0.25, -0.2) is 0 Å². The molecule has 0 atom stereocenters. The van der Waals surface area contributed by atoms with E-state index in [9.17, 15) is 14.9 Å². The molecule has 0 bridgehead atoms. The molecule has 1 aliphatic heterocycles. The molecule has 0 spiro atoms. The summed E-state index contributed by atoms with van der Waals surface area (Å²) in [5.74, 6) is 0.814. The summed E-state index contributed by atoms with van der Waals surface area (Å²) >= 11 is 0. The third-order valence-corrected chi connectivity index (χ3v) is 4.78. The van der Waals surface area contributed by atoms with Gasteiger partial charge in [-0.15, -0.1) is 0 Å². The largest absolute Gasteiger partial charge is 0.494 e. The summed E-state index contributed by atoms with van der Waals surface area (Å²) in [5, 5.41) is 11.0. The van der Waals surface area contributed by atoms with E-state index in [0.29, 0.717) is 19.7 Å². The van der Waals surface area contributed by atoms with Crippen LogP contribution in [0, 0.1) is 10.1 Å². The van der Waals surface area contributed by atoms with Gasteiger partial charge < -0.3 is 14.4 Å². The standard InChI is InChI=1S/C21H25N3O5/c1-2-28-18-9-7-17(8-10-18)15-22-11-13-23(14-12-22)21(25)16-29-20-6-4-3-5-19(20)24(26)27/h3-10H,2,11-16H2,1H3. The molecule has 2 aromatic rings. The van der Waals surface area contributed by atoms with Crippen molar-refractivity contribution in [3.8, 4) is 11.5 Å². The molecule has 0 radical (unpaired) electrons. The number of nitro groups is 1. The van der Waals surface area contributed by atoms with Gasteiger partial charge in [-0.2, -0.15) is 0 Å². The van der Waals surface area contributed by atoms with Crippen LogP contribution in [0.4, 0.5) is 5.69 Å². The smallest absolute Gasteiger partial charge is 0.310 e. The maximum atomic E-state index is 12.4. The Morgan fingerprint density at radius 2 is 1.72 bits per heavy atom. The average molecular weight is 399 g/mol. The number of nitrogens with zero attached hydrogens (tertiary/aromatic N) is 3. The Balaban J connectivity index is 1.45. The van der Waals surface area contributed by atoms with Crippen LogP contribution in [-0.4, -0.2) is 60.0 Å². The first kappa shape index (κ1) is 20.6. The van der Waals surface area contributed by atoms with Crippen molar-refractivity contribution in [3.63, 3.8) is 0 Å². The van der Waals surface area contributed by atoms with E-state index in [1.54, 1.807) is 17.0 Å². The Bertz CT molecular complexity index is 832. The van der Waals surface area contributed by atoms with E-state index >= 15 is 0 Å². The van der Waals surface area contributed by atoms with Crippen LogP contribution in [0.2, 0.25) is 0 Å². The summed E-state index contributed by atoms with van der Waals surface area (Å²) < 4.78 is 10.9. The Morgan fingerprint density at radius 1 is 1.03 bits per heavy atom. The zero-order valence-corrected chi connectivity index (χ0v) is 16.5. The van der Waals surface area contributed by atoms with Crippen LogP contribution in [0.5, 0.6) is 11.5 Å². The molecule has 8 nitrogen and oxygen atoms in total. The maximum Gasteiger partial charge on any atom is 0.310 e.